The van der Waals surface area contributed by atoms with Crippen molar-refractivity contribution < 1.29 is 24.2 Å². The Hall–Kier alpha value is -3.80. The first-order valence-electron chi connectivity index (χ1n) is 13.6. The highest BCUT2D eigenvalue weighted by Crippen LogP contribution is 2.44. The number of amides is 1. The van der Waals surface area contributed by atoms with E-state index in [-0.39, 0.29) is 18.9 Å². The Morgan fingerprint density at radius 2 is 1.61 bits per heavy atom. The van der Waals surface area contributed by atoms with Gasteiger partial charge >= 0.3 is 12.1 Å². The number of rotatable bonds is 10. The molecule has 0 heterocycles. The third-order valence-electron chi connectivity index (χ3n) is 7.70. The van der Waals surface area contributed by atoms with Gasteiger partial charge in [-0.15, -0.1) is 0 Å². The van der Waals surface area contributed by atoms with Gasteiger partial charge < -0.3 is 19.9 Å². The highest BCUT2D eigenvalue weighted by atomic mass is 16.5. The fourth-order valence-corrected chi connectivity index (χ4v) is 5.84. The topological polar surface area (TPSA) is 84.9 Å². The Balaban J connectivity index is 1.26. The largest absolute Gasteiger partial charge is 0.493 e. The van der Waals surface area contributed by atoms with Crippen LogP contribution in [0, 0.1) is 0 Å². The second kappa shape index (κ2) is 11.7. The molecule has 0 aliphatic heterocycles. The van der Waals surface area contributed by atoms with Crippen molar-refractivity contribution in [2.45, 2.75) is 63.3 Å². The van der Waals surface area contributed by atoms with Crippen molar-refractivity contribution >= 4 is 12.1 Å². The zero-order chi connectivity index (χ0) is 26.5. The van der Waals surface area contributed by atoms with E-state index >= 15 is 0 Å². The molecule has 6 nitrogen and oxygen atoms in total. The van der Waals surface area contributed by atoms with Gasteiger partial charge in [0.25, 0.3) is 0 Å². The average Bonchev–Trinajstić information content (AvgIpc) is 3.58. The number of carbonyl (C=O) groups is 2. The van der Waals surface area contributed by atoms with Gasteiger partial charge in [-0.1, -0.05) is 80.4 Å². The number of benzene rings is 3. The predicted molar refractivity (Wildman–Crippen MR) is 147 cm³/mol. The molecule has 2 aliphatic rings. The molecule has 38 heavy (non-hydrogen) atoms. The lowest BCUT2D eigenvalue weighted by atomic mass is 9.93. The van der Waals surface area contributed by atoms with E-state index in [2.05, 4.69) is 42.6 Å². The van der Waals surface area contributed by atoms with Crippen LogP contribution in [0.2, 0.25) is 0 Å². The number of carboxylic acids is 1. The maximum atomic E-state index is 12.8. The lowest BCUT2D eigenvalue weighted by Crippen LogP contribution is -2.42. The summed E-state index contributed by atoms with van der Waals surface area (Å²) in [5.74, 6) is 0.146. The van der Waals surface area contributed by atoms with Crippen molar-refractivity contribution in [3.05, 3.63) is 89.0 Å². The molecule has 0 bridgehead atoms. The fraction of sp³-hybridized carbons (Fsp3) is 0.375. The van der Waals surface area contributed by atoms with Crippen LogP contribution >= 0.6 is 0 Å². The number of alkyl carbamates (subject to hydrolysis) is 1. The first-order chi connectivity index (χ1) is 18.5. The summed E-state index contributed by atoms with van der Waals surface area (Å²) in [6.07, 6.45) is 5.01. The summed E-state index contributed by atoms with van der Waals surface area (Å²) in [5, 5.41) is 12.5. The molecular weight excluding hydrogens is 478 g/mol. The van der Waals surface area contributed by atoms with Crippen LogP contribution < -0.4 is 10.1 Å². The molecule has 198 valence electrons. The lowest BCUT2D eigenvalue weighted by molar-refractivity contribution is -0.139. The highest BCUT2D eigenvalue weighted by molar-refractivity contribution is 5.81. The van der Waals surface area contributed by atoms with Gasteiger partial charge in [0.1, 0.15) is 18.4 Å². The van der Waals surface area contributed by atoms with E-state index in [4.69, 9.17) is 9.47 Å². The molecule has 3 aromatic carbocycles. The zero-order valence-corrected chi connectivity index (χ0v) is 21.8. The van der Waals surface area contributed by atoms with Crippen molar-refractivity contribution in [3.8, 4) is 16.9 Å². The molecule has 0 radical (unpaired) electrons. The van der Waals surface area contributed by atoms with Gasteiger partial charge in [-0.25, -0.2) is 9.59 Å². The smallest absolute Gasteiger partial charge is 0.407 e. The summed E-state index contributed by atoms with van der Waals surface area (Å²) in [7, 11) is 0. The van der Waals surface area contributed by atoms with E-state index in [1.807, 2.05) is 36.4 Å². The average molecular weight is 514 g/mol. The number of fused-ring (bicyclic) bond motifs is 3. The summed E-state index contributed by atoms with van der Waals surface area (Å²) in [6.45, 7) is 2.87. The van der Waals surface area contributed by atoms with Crippen LogP contribution in [0.5, 0.6) is 5.75 Å². The number of carbonyl (C=O) groups excluding carboxylic acids is 1. The molecular formula is C32H35NO5. The standard InChI is InChI=1S/C32H35NO5/c1-2-17-37-30-16-15-21(18-27(30)22-9-3-4-10-22)19-29(31(34)35)33-32(36)38-20-28-25-13-7-5-11-23(25)24-12-6-8-14-26(24)28/h5-8,11-16,18,22,28-29H,2-4,9-10,17,19-20H2,1H3,(H,33,36)(H,34,35). The van der Waals surface area contributed by atoms with E-state index in [9.17, 15) is 14.7 Å². The molecule has 1 fully saturated rings. The van der Waals surface area contributed by atoms with Crippen LogP contribution in [0.4, 0.5) is 4.79 Å². The molecule has 1 atom stereocenters. The third kappa shape index (κ3) is 5.54. The SMILES string of the molecule is CCCOc1ccc(CC(NC(=O)OCC2c3ccccc3-c3ccccc32)C(=O)O)cc1C1CCCC1. The van der Waals surface area contributed by atoms with Gasteiger partial charge in [0.15, 0.2) is 0 Å². The molecule has 3 aromatic rings. The first-order valence-corrected chi connectivity index (χ1v) is 13.6. The van der Waals surface area contributed by atoms with Gasteiger partial charge in [-0.05, 0) is 64.6 Å². The Kier molecular flexibility index (Phi) is 7.97. The number of nitrogens with one attached hydrogen (secondary N) is 1. The second-order valence-electron chi connectivity index (χ2n) is 10.3. The Labute approximate surface area is 224 Å². The van der Waals surface area contributed by atoms with E-state index in [0.717, 1.165) is 58.4 Å². The molecule has 1 amide bonds. The zero-order valence-electron chi connectivity index (χ0n) is 21.8. The summed E-state index contributed by atoms with van der Waals surface area (Å²) >= 11 is 0. The quantitative estimate of drug-likeness (QED) is 0.316. The van der Waals surface area contributed by atoms with Crippen LogP contribution in [0.1, 0.15) is 73.1 Å². The molecule has 0 aromatic heterocycles. The van der Waals surface area contributed by atoms with E-state index in [0.29, 0.717) is 12.5 Å². The maximum absolute atomic E-state index is 12.8. The Morgan fingerprint density at radius 1 is 0.947 bits per heavy atom. The van der Waals surface area contributed by atoms with Crippen LogP contribution in [-0.4, -0.2) is 36.4 Å². The minimum atomic E-state index is -1.09. The Morgan fingerprint density at radius 3 is 2.24 bits per heavy atom. The van der Waals surface area contributed by atoms with Crippen LogP contribution in [0.15, 0.2) is 66.7 Å². The molecule has 6 heteroatoms. The third-order valence-corrected chi connectivity index (χ3v) is 7.70. The highest BCUT2D eigenvalue weighted by Gasteiger charge is 2.30. The summed E-state index contributed by atoms with van der Waals surface area (Å²) in [4.78, 5) is 24.8. The van der Waals surface area contributed by atoms with Crippen molar-refractivity contribution in [1.29, 1.82) is 0 Å². The van der Waals surface area contributed by atoms with E-state index < -0.39 is 18.1 Å². The molecule has 2 aliphatic carbocycles. The number of hydrogen-bond donors (Lipinski definition) is 2. The number of aliphatic carboxylic acids is 1. The van der Waals surface area contributed by atoms with E-state index in [1.54, 1.807) is 0 Å². The van der Waals surface area contributed by atoms with Crippen molar-refractivity contribution in [1.82, 2.24) is 5.32 Å². The summed E-state index contributed by atoms with van der Waals surface area (Å²) < 4.78 is 11.6. The van der Waals surface area contributed by atoms with Gasteiger partial charge in [0, 0.05) is 12.3 Å². The molecule has 1 saturated carbocycles. The predicted octanol–water partition coefficient (Wildman–Crippen LogP) is 6.67. The van der Waals surface area contributed by atoms with E-state index in [1.165, 1.54) is 12.8 Å². The minimum Gasteiger partial charge on any atom is -0.493 e. The number of ether oxygens (including phenoxy) is 2. The maximum Gasteiger partial charge on any atom is 0.407 e. The molecule has 5 rings (SSSR count). The lowest BCUT2D eigenvalue weighted by Gasteiger charge is -2.20. The van der Waals surface area contributed by atoms with Crippen LogP contribution in [-0.2, 0) is 16.0 Å². The van der Waals surface area contributed by atoms with Crippen LogP contribution in [0.3, 0.4) is 0 Å². The fourth-order valence-electron chi connectivity index (χ4n) is 5.84. The summed E-state index contributed by atoms with van der Waals surface area (Å²) in [5.41, 5.74) is 6.53. The molecule has 0 saturated heterocycles. The Bertz CT molecular complexity index is 1250. The normalized spacial score (nSPS) is 15.5. The molecule has 2 N–H and O–H groups in total. The van der Waals surface area contributed by atoms with Crippen molar-refractivity contribution in [2.24, 2.45) is 0 Å². The van der Waals surface area contributed by atoms with Gasteiger partial charge in [0.2, 0.25) is 0 Å². The minimum absolute atomic E-state index is 0.0823. The van der Waals surface area contributed by atoms with Gasteiger partial charge in [0.05, 0.1) is 6.61 Å². The second-order valence-corrected chi connectivity index (χ2v) is 10.3. The first kappa shape index (κ1) is 25.8. The van der Waals surface area contributed by atoms with Crippen molar-refractivity contribution in [2.75, 3.05) is 13.2 Å². The molecule has 0 spiro atoms. The molecule has 1 unspecified atom stereocenters. The summed E-state index contributed by atoms with van der Waals surface area (Å²) in [6, 6.07) is 21.1. The monoisotopic (exact) mass is 513 g/mol. The number of hydrogen-bond acceptors (Lipinski definition) is 4. The number of carboxylic acid groups (broad SMARTS) is 1. The van der Waals surface area contributed by atoms with Crippen LogP contribution in [0.25, 0.3) is 11.1 Å². The van der Waals surface area contributed by atoms with Gasteiger partial charge in [-0.2, -0.15) is 0 Å². The van der Waals surface area contributed by atoms with Gasteiger partial charge in [-0.3, -0.25) is 0 Å². The van der Waals surface area contributed by atoms with Crippen molar-refractivity contribution in [3.63, 3.8) is 0 Å².